The Kier molecular flexibility index (Phi) is 13.1. The zero-order valence-corrected chi connectivity index (χ0v) is 42.8. The molecule has 3 aromatic carbocycles. The molecule has 7 heterocycles. The first-order valence-electron chi connectivity index (χ1n) is 24.2. The molecule has 3 N–H and O–H groups in total. The van der Waals surface area contributed by atoms with Crippen molar-refractivity contribution in [2.75, 3.05) is 100 Å². The van der Waals surface area contributed by atoms with Crippen molar-refractivity contribution < 1.29 is 28.5 Å². The zero-order chi connectivity index (χ0) is 49.0. The normalized spacial score (nSPS) is 20.1. The number of nitrogens with one attached hydrogen (secondary N) is 3. The number of amides is 4. The summed E-state index contributed by atoms with van der Waals surface area (Å²) in [7, 11) is 0.901. The van der Waals surface area contributed by atoms with Crippen LogP contribution in [-0.2, 0) is 38.5 Å². The molecule has 4 saturated heterocycles. The van der Waals surface area contributed by atoms with Gasteiger partial charge in [-0.3, -0.25) is 29.4 Å². The molecular weight excluding hydrogens is 976 g/mol. The zero-order valence-electron chi connectivity index (χ0n) is 40.3. The summed E-state index contributed by atoms with van der Waals surface area (Å²) in [5.74, 6) is 0.847. The lowest BCUT2D eigenvalue weighted by atomic mass is 9.95. The van der Waals surface area contributed by atoms with Gasteiger partial charge >= 0.3 is 0 Å². The van der Waals surface area contributed by atoms with Gasteiger partial charge in [0.25, 0.3) is 5.91 Å². The third kappa shape index (κ3) is 9.35. The number of ether oxygens (including phenoxy) is 1. The number of imide groups is 1. The first-order valence-corrected chi connectivity index (χ1v) is 27.6. The SMILES string of the molecule is CCc1cc(Nc2ncc(Br)c(Nc3ccc4c(c3P(C)(C)=O)CN(C)C=N4)n2)c(OC)cc1N1CCC(N2CCN(C(=O)C3CN(c4ccc5c(c4)CN(C4CCC(=O)NC4=O)C5=O)C3)CC2)CC1. The maximum atomic E-state index is 13.7. The molecule has 18 nitrogen and oxygen atoms in total. The number of anilines is 6. The molecule has 0 saturated carbocycles. The monoisotopic (exact) mass is 1030 g/mol. The number of methoxy groups -OCH3 is 1. The summed E-state index contributed by atoms with van der Waals surface area (Å²) in [5, 5.41) is 9.98. The number of halogens is 1. The highest BCUT2D eigenvalue weighted by Crippen LogP contribution is 2.44. The van der Waals surface area contributed by atoms with Crippen LogP contribution >= 0.6 is 23.1 Å². The lowest BCUT2D eigenvalue weighted by molar-refractivity contribution is -0.139. The molecule has 0 radical (unpaired) electrons. The van der Waals surface area contributed by atoms with Crippen LogP contribution in [0.25, 0.3) is 0 Å². The summed E-state index contributed by atoms with van der Waals surface area (Å²) in [6.07, 6.45) is 6.92. The van der Waals surface area contributed by atoms with Crippen LogP contribution in [0.2, 0.25) is 0 Å². The number of hydrogen-bond donors (Lipinski definition) is 3. The quantitative estimate of drug-likeness (QED) is 0.117. The molecular formula is C50H60BrN12O6P. The minimum atomic E-state index is -2.73. The van der Waals surface area contributed by atoms with Gasteiger partial charge in [0.2, 0.25) is 23.7 Å². The maximum Gasteiger partial charge on any atom is 0.255 e. The fraction of sp³-hybridized carbons (Fsp3) is 0.460. The fourth-order valence-electron chi connectivity index (χ4n) is 10.9. The number of piperidine rings is 2. The van der Waals surface area contributed by atoms with Crippen LogP contribution in [0.1, 0.15) is 59.7 Å². The lowest BCUT2D eigenvalue weighted by Crippen LogP contribution is -2.59. The van der Waals surface area contributed by atoms with E-state index in [1.54, 1.807) is 37.9 Å². The van der Waals surface area contributed by atoms with Gasteiger partial charge in [-0.1, -0.05) is 6.92 Å². The highest BCUT2D eigenvalue weighted by Gasteiger charge is 2.41. The van der Waals surface area contributed by atoms with Crippen molar-refractivity contribution in [3.8, 4) is 5.75 Å². The Morgan fingerprint density at radius 3 is 2.41 bits per heavy atom. The molecule has 0 aliphatic carbocycles. The lowest BCUT2D eigenvalue weighted by Gasteiger charge is -2.46. The first-order chi connectivity index (χ1) is 33.6. The van der Waals surface area contributed by atoms with Gasteiger partial charge in [0.1, 0.15) is 24.8 Å². The van der Waals surface area contributed by atoms with Crippen LogP contribution in [0, 0.1) is 5.92 Å². The topological polar surface area (TPSA) is 188 Å². The van der Waals surface area contributed by atoms with Crippen LogP contribution in [0.3, 0.4) is 0 Å². The van der Waals surface area contributed by atoms with E-state index in [2.05, 4.69) is 75.6 Å². The van der Waals surface area contributed by atoms with E-state index in [0.717, 1.165) is 103 Å². The average molecular weight is 1040 g/mol. The number of fused-ring (bicyclic) bond motifs is 2. The van der Waals surface area contributed by atoms with Crippen molar-refractivity contribution in [2.24, 2.45) is 10.9 Å². The summed E-state index contributed by atoms with van der Waals surface area (Å²) in [5.41, 5.74) is 8.02. The van der Waals surface area contributed by atoms with Crippen molar-refractivity contribution >= 4 is 98.5 Å². The summed E-state index contributed by atoms with van der Waals surface area (Å²) >= 11 is 3.63. The number of aliphatic imine (C=N–C) groups is 1. The Balaban J connectivity index is 0.721. The second kappa shape index (κ2) is 19.3. The van der Waals surface area contributed by atoms with Crippen molar-refractivity contribution in [3.63, 3.8) is 0 Å². The predicted octanol–water partition coefficient (Wildman–Crippen LogP) is 5.66. The van der Waals surface area contributed by atoms with Crippen LogP contribution in [0.15, 0.2) is 58.1 Å². The predicted molar refractivity (Wildman–Crippen MR) is 275 cm³/mol. The fourth-order valence-corrected chi connectivity index (χ4v) is 12.8. The molecule has 10 rings (SSSR count). The Labute approximate surface area is 416 Å². The Hall–Kier alpha value is -6.04. The van der Waals surface area contributed by atoms with Crippen LogP contribution in [-0.4, -0.2) is 151 Å². The largest absolute Gasteiger partial charge is 0.494 e. The molecule has 368 valence electrons. The maximum absolute atomic E-state index is 13.7. The third-order valence-corrected chi connectivity index (χ3v) is 16.8. The number of carbonyl (C=O) groups excluding carboxylic acids is 4. The van der Waals surface area contributed by atoms with E-state index >= 15 is 0 Å². The molecule has 0 spiro atoms. The van der Waals surface area contributed by atoms with E-state index in [1.165, 1.54) is 5.56 Å². The van der Waals surface area contributed by atoms with E-state index in [9.17, 15) is 23.7 Å². The van der Waals surface area contributed by atoms with Crippen LogP contribution in [0.4, 0.5) is 40.2 Å². The standard InChI is InChI=1S/C50H60BrN12O6P/c1-6-30-22-40(55-50-52-24-37(51)46(57-50)54-39-10-9-38-36(28-58(2)29-53-38)45(39)70(4,5)68)43(69-3)23-42(30)60-15-13-33(14-16-60)59-17-19-61(20-18-59)48(66)32-25-62(26-32)34-7-8-35-31(21-34)27-63(49(35)67)41-11-12-44(64)56-47(41)65/h7-10,21-24,29,32-33,41H,6,11-20,25-28H2,1-5H3,(H,56,64,65)(H2,52,54,55,57). The molecule has 1 aromatic heterocycles. The Bertz CT molecular complexity index is 2840. The van der Waals surface area contributed by atoms with Crippen LogP contribution < -0.4 is 35.8 Å². The highest BCUT2D eigenvalue weighted by atomic mass is 79.9. The minimum Gasteiger partial charge on any atom is -0.494 e. The van der Waals surface area contributed by atoms with Gasteiger partial charge in [-0.2, -0.15) is 4.98 Å². The molecule has 20 heteroatoms. The van der Waals surface area contributed by atoms with Gasteiger partial charge in [0.15, 0.2) is 0 Å². The second-order valence-corrected chi connectivity index (χ2v) is 23.6. The molecule has 1 unspecified atom stereocenters. The number of nitrogens with zero attached hydrogens (tertiary/aromatic N) is 9. The molecule has 6 aliphatic heterocycles. The van der Waals surface area contributed by atoms with Gasteiger partial charge in [0, 0.05) is 125 Å². The van der Waals surface area contributed by atoms with Crippen molar-refractivity contribution in [2.45, 2.75) is 64.2 Å². The van der Waals surface area contributed by atoms with Gasteiger partial charge in [-0.15, -0.1) is 0 Å². The van der Waals surface area contributed by atoms with Gasteiger partial charge in [-0.05, 0) is 102 Å². The van der Waals surface area contributed by atoms with E-state index < -0.39 is 19.1 Å². The molecule has 1 atom stereocenters. The highest BCUT2D eigenvalue weighted by molar-refractivity contribution is 9.10. The summed E-state index contributed by atoms with van der Waals surface area (Å²) in [6.45, 7) is 12.9. The smallest absolute Gasteiger partial charge is 0.255 e. The van der Waals surface area contributed by atoms with E-state index in [0.29, 0.717) is 66.2 Å². The third-order valence-electron chi connectivity index (χ3n) is 14.7. The van der Waals surface area contributed by atoms with Crippen LogP contribution in [0.5, 0.6) is 5.75 Å². The number of carbonyl (C=O) groups is 4. The summed E-state index contributed by atoms with van der Waals surface area (Å²) in [6, 6.07) is 13.7. The van der Waals surface area contributed by atoms with Crippen molar-refractivity contribution in [1.29, 1.82) is 0 Å². The molecule has 6 aliphatic rings. The minimum absolute atomic E-state index is 0.0652. The second-order valence-electron chi connectivity index (χ2n) is 19.6. The molecule has 0 bridgehead atoms. The number of aryl methyl sites for hydroxylation is 1. The van der Waals surface area contributed by atoms with Crippen molar-refractivity contribution in [3.05, 3.63) is 75.4 Å². The Morgan fingerprint density at radius 1 is 0.929 bits per heavy atom. The molecule has 70 heavy (non-hydrogen) atoms. The van der Waals surface area contributed by atoms with E-state index in [4.69, 9.17) is 9.72 Å². The number of hydrogen-bond acceptors (Lipinski definition) is 15. The molecule has 4 amide bonds. The van der Waals surface area contributed by atoms with E-state index in [-0.39, 0.29) is 30.1 Å². The van der Waals surface area contributed by atoms with Gasteiger partial charge in [-0.25, -0.2) is 9.98 Å². The number of rotatable bonds is 12. The number of aromatic nitrogens is 2. The summed E-state index contributed by atoms with van der Waals surface area (Å²) in [4.78, 5) is 77.8. The first kappa shape index (κ1) is 47.6. The average Bonchev–Trinajstić information content (AvgIpc) is 3.65. The molecule has 4 aromatic rings. The van der Waals surface area contributed by atoms with Crippen molar-refractivity contribution in [1.82, 2.24) is 34.9 Å². The number of benzene rings is 3. The Morgan fingerprint density at radius 2 is 1.70 bits per heavy atom. The summed E-state index contributed by atoms with van der Waals surface area (Å²) < 4.78 is 20.3. The van der Waals surface area contributed by atoms with Gasteiger partial charge < -0.3 is 44.4 Å². The molecule has 4 fully saturated rings. The van der Waals surface area contributed by atoms with E-state index in [1.807, 2.05) is 47.2 Å². The van der Waals surface area contributed by atoms with Gasteiger partial charge in [0.05, 0.1) is 40.9 Å². The number of piperazine rings is 1.